The second-order valence-corrected chi connectivity index (χ2v) is 5.85. The van der Waals surface area contributed by atoms with Crippen molar-refractivity contribution in [2.24, 2.45) is 0 Å². The lowest BCUT2D eigenvalue weighted by Gasteiger charge is -2.15. The zero-order chi connectivity index (χ0) is 11.4. The normalized spacial score (nSPS) is 11.4. The minimum Gasteiger partial charge on any atom is -0.126 e. The number of hydrogen-bond donors (Lipinski definition) is 0. The molecule has 0 fully saturated rings. The molecule has 1 heteroatoms. The maximum Gasteiger partial charge on any atom is 0.0109 e. The van der Waals surface area contributed by atoms with Gasteiger partial charge in [-0.25, -0.2) is 0 Å². The predicted octanol–water partition coefficient (Wildman–Crippen LogP) is 5.05. The summed E-state index contributed by atoms with van der Waals surface area (Å²) >= 11 is 1.96. The zero-order valence-corrected chi connectivity index (χ0v) is 11.3. The lowest BCUT2D eigenvalue weighted by Crippen LogP contribution is -1.95. The molecule has 0 aromatic heterocycles. The van der Waals surface area contributed by atoms with Crippen LogP contribution in [0, 0.1) is 0 Å². The molecule has 1 aromatic rings. The smallest absolute Gasteiger partial charge is 0.0109 e. The van der Waals surface area contributed by atoms with Gasteiger partial charge in [-0.1, -0.05) is 46.8 Å². The summed E-state index contributed by atoms with van der Waals surface area (Å²) in [6, 6.07) is 6.95. The average molecular weight is 222 g/mol. The van der Waals surface area contributed by atoms with Gasteiger partial charge in [-0.15, -0.1) is 11.8 Å². The van der Waals surface area contributed by atoms with Crippen LogP contribution in [-0.4, -0.2) is 5.75 Å². The average Bonchev–Trinajstić information content (AvgIpc) is 2.17. The molecule has 0 spiro atoms. The Kier molecular flexibility index (Phi) is 4.72. The van der Waals surface area contributed by atoms with Crippen LogP contribution in [0.25, 0.3) is 0 Å². The monoisotopic (exact) mass is 222 g/mol. The third-order valence-corrected chi connectivity index (χ3v) is 3.58. The first-order valence-corrected chi connectivity index (χ1v) is 6.81. The molecule has 0 aliphatic rings. The van der Waals surface area contributed by atoms with E-state index in [9.17, 15) is 0 Å². The number of benzene rings is 1. The van der Waals surface area contributed by atoms with Crippen LogP contribution in [-0.2, 0) is 0 Å². The molecule has 15 heavy (non-hydrogen) atoms. The van der Waals surface area contributed by atoms with Gasteiger partial charge in [0, 0.05) is 4.90 Å². The number of hydrogen-bond acceptors (Lipinski definition) is 1. The zero-order valence-electron chi connectivity index (χ0n) is 10.5. The van der Waals surface area contributed by atoms with Gasteiger partial charge in [0.2, 0.25) is 0 Å². The Morgan fingerprint density at radius 3 is 2.20 bits per heavy atom. The van der Waals surface area contributed by atoms with Crippen LogP contribution >= 0.6 is 11.8 Å². The maximum atomic E-state index is 2.37. The Hall–Kier alpha value is -0.430. The molecule has 0 saturated carbocycles. The van der Waals surface area contributed by atoms with Gasteiger partial charge in [0.25, 0.3) is 0 Å². The molecule has 0 heterocycles. The lowest BCUT2D eigenvalue weighted by molar-refractivity contribution is 0.821. The van der Waals surface area contributed by atoms with Crippen LogP contribution < -0.4 is 0 Å². The van der Waals surface area contributed by atoms with E-state index in [0.29, 0.717) is 11.8 Å². The van der Waals surface area contributed by atoms with Crippen molar-refractivity contribution < 1.29 is 0 Å². The van der Waals surface area contributed by atoms with Crippen LogP contribution in [0.2, 0.25) is 0 Å². The summed E-state index contributed by atoms with van der Waals surface area (Å²) in [7, 11) is 0. The first-order chi connectivity index (χ1) is 7.06. The molecule has 0 unspecified atom stereocenters. The molecule has 0 aliphatic heterocycles. The summed E-state index contributed by atoms with van der Waals surface area (Å²) in [5.74, 6) is 2.41. The molecule has 1 aromatic carbocycles. The highest BCUT2D eigenvalue weighted by atomic mass is 32.2. The van der Waals surface area contributed by atoms with Crippen LogP contribution in [0.3, 0.4) is 0 Å². The second kappa shape index (κ2) is 5.60. The van der Waals surface area contributed by atoms with E-state index in [1.807, 2.05) is 11.8 Å². The molecule has 0 radical (unpaired) electrons. The van der Waals surface area contributed by atoms with Crippen molar-refractivity contribution >= 4 is 11.8 Å². The van der Waals surface area contributed by atoms with Gasteiger partial charge >= 0.3 is 0 Å². The SMILES string of the molecule is CCSc1cc(C(C)C)ccc1C(C)C. The maximum absolute atomic E-state index is 2.37. The summed E-state index contributed by atoms with van der Waals surface area (Å²) in [6.45, 7) is 11.3. The second-order valence-electron chi connectivity index (χ2n) is 4.54. The largest absolute Gasteiger partial charge is 0.126 e. The van der Waals surface area contributed by atoms with Crippen LogP contribution in [0.5, 0.6) is 0 Å². The van der Waals surface area contributed by atoms with Crippen molar-refractivity contribution in [1.82, 2.24) is 0 Å². The van der Waals surface area contributed by atoms with Crippen molar-refractivity contribution in [2.45, 2.75) is 51.3 Å². The fraction of sp³-hybridized carbons (Fsp3) is 0.571. The summed E-state index contributed by atoms with van der Waals surface area (Å²) < 4.78 is 0. The van der Waals surface area contributed by atoms with Gasteiger partial charge < -0.3 is 0 Å². The molecular weight excluding hydrogens is 200 g/mol. The fourth-order valence-corrected chi connectivity index (χ4v) is 2.67. The van der Waals surface area contributed by atoms with E-state index in [4.69, 9.17) is 0 Å². The Balaban J connectivity index is 3.08. The van der Waals surface area contributed by atoms with Gasteiger partial charge in [0.1, 0.15) is 0 Å². The Morgan fingerprint density at radius 1 is 1.07 bits per heavy atom. The molecule has 0 saturated heterocycles. The highest BCUT2D eigenvalue weighted by Crippen LogP contribution is 2.31. The Labute approximate surface area is 98.5 Å². The first-order valence-electron chi connectivity index (χ1n) is 5.82. The van der Waals surface area contributed by atoms with Crippen LogP contribution in [0.1, 0.15) is 57.6 Å². The van der Waals surface area contributed by atoms with Crippen molar-refractivity contribution in [3.05, 3.63) is 29.3 Å². The Bertz CT molecular complexity index is 313. The molecule has 0 nitrogen and oxygen atoms in total. The molecule has 1 rings (SSSR count). The van der Waals surface area contributed by atoms with E-state index in [0.717, 1.165) is 5.75 Å². The molecule has 0 amide bonds. The fourth-order valence-electron chi connectivity index (χ4n) is 1.67. The molecular formula is C14H22S. The summed E-state index contributed by atoms with van der Waals surface area (Å²) in [4.78, 5) is 1.47. The Morgan fingerprint density at radius 2 is 1.73 bits per heavy atom. The highest BCUT2D eigenvalue weighted by molar-refractivity contribution is 7.99. The third-order valence-electron chi connectivity index (χ3n) is 2.63. The van der Waals surface area contributed by atoms with E-state index in [1.165, 1.54) is 16.0 Å². The molecule has 0 bridgehead atoms. The van der Waals surface area contributed by atoms with Gasteiger partial charge in [-0.3, -0.25) is 0 Å². The van der Waals surface area contributed by atoms with E-state index < -0.39 is 0 Å². The van der Waals surface area contributed by atoms with Crippen molar-refractivity contribution in [1.29, 1.82) is 0 Å². The molecule has 0 atom stereocenters. The first kappa shape index (κ1) is 12.6. The minimum atomic E-state index is 0.625. The van der Waals surface area contributed by atoms with Crippen molar-refractivity contribution in [2.75, 3.05) is 5.75 Å². The quantitative estimate of drug-likeness (QED) is 0.643. The van der Waals surface area contributed by atoms with Crippen LogP contribution in [0.15, 0.2) is 23.1 Å². The number of rotatable bonds is 4. The predicted molar refractivity (Wildman–Crippen MR) is 71.0 cm³/mol. The molecule has 0 N–H and O–H groups in total. The van der Waals surface area contributed by atoms with Gasteiger partial charge in [-0.05, 0) is 34.8 Å². The van der Waals surface area contributed by atoms with Gasteiger partial charge in [0.15, 0.2) is 0 Å². The summed E-state index contributed by atoms with van der Waals surface area (Å²) in [5.41, 5.74) is 2.95. The van der Waals surface area contributed by atoms with E-state index in [-0.39, 0.29) is 0 Å². The molecule has 84 valence electrons. The van der Waals surface area contributed by atoms with E-state index in [1.54, 1.807) is 0 Å². The highest BCUT2D eigenvalue weighted by Gasteiger charge is 2.08. The standard InChI is InChI=1S/C14H22S/c1-6-15-14-9-12(10(2)3)7-8-13(14)11(4)5/h7-11H,6H2,1-5H3. The van der Waals surface area contributed by atoms with Gasteiger partial charge in [-0.2, -0.15) is 0 Å². The van der Waals surface area contributed by atoms with Gasteiger partial charge in [0.05, 0.1) is 0 Å². The van der Waals surface area contributed by atoms with Crippen molar-refractivity contribution in [3.63, 3.8) is 0 Å². The van der Waals surface area contributed by atoms with Crippen LogP contribution in [0.4, 0.5) is 0 Å². The number of thioether (sulfide) groups is 1. The topological polar surface area (TPSA) is 0 Å². The van der Waals surface area contributed by atoms with Crippen molar-refractivity contribution in [3.8, 4) is 0 Å². The van der Waals surface area contributed by atoms with E-state index >= 15 is 0 Å². The minimum absolute atomic E-state index is 0.625. The summed E-state index contributed by atoms with van der Waals surface area (Å²) in [5, 5.41) is 0. The third kappa shape index (κ3) is 3.27. The van der Waals surface area contributed by atoms with E-state index in [2.05, 4.69) is 52.8 Å². The lowest BCUT2D eigenvalue weighted by atomic mass is 9.97. The molecule has 0 aliphatic carbocycles. The summed E-state index contributed by atoms with van der Waals surface area (Å²) in [6.07, 6.45) is 0.